The van der Waals surface area contributed by atoms with E-state index in [1.807, 2.05) is 29.2 Å². The third-order valence-corrected chi connectivity index (χ3v) is 7.11. The summed E-state index contributed by atoms with van der Waals surface area (Å²) in [6, 6.07) is 7.84. The topological polar surface area (TPSA) is 86.2 Å². The van der Waals surface area contributed by atoms with Crippen LogP contribution in [0.4, 0.5) is 25.5 Å². The Hall–Kier alpha value is -2.43. The lowest BCUT2D eigenvalue weighted by Crippen LogP contribution is -2.42. The van der Waals surface area contributed by atoms with Crippen LogP contribution in [-0.2, 0) is 6.54 Å². The summed E-state index contributed by atoms with van der Waals surface area (Å²) >= 11 is 1.44. The van der Waals surface area contributed by atoms with Gasteiger partial charge in [0.15, 0.2) is 5.13 Å². The Morgan fingerprint density at radius 2 is 1.97 bits per heavy atom. The van der Waals surface area contributed by atoms with Gasteiger partial charge in [0.05, 0.1) is 12.6 Å². The van der Waals surface area contributed by atoms with Gasteiger partial charge >= 0.3 is 0 Å². The molecular weight excluding hydrogens is 446 g/mol. The second-order valence-corrected chi connectivity index (χ2v) is 10.0. The first-order valence-electron chi connectivity index (χ1n) is 11.5. The summed E-state index contributed by atoms with van der Waals surface area (Å²) in [5.41, 5.74) is 1.73. The van der Waals surface area contributed by atoms with Crippen LogP contribution in [0.3, 0.4) is 0 Å². The van der Waals surface area contributed by atoms with Crippen molar-refractivity contribution in [2.24, 2.45) is 0 Å². The summed E-state index contributed by atoms with van der Waals surface area (Å²) in [7, 11) is 0. The highest BCUT2D eigenvalue weighted by molar-refractivity contribution is 7.21. The predicted molar refractivity (Wildman–Crippen MR) is 126 cm³/mol. The van der Waals surface area contributed by atoms with Gasteiger partial charge in [-0.25, -0.2) is 23.7 Å². The lowest BCUT2D eigenvalue weighted by atomic mass is 9.93. The van der Waals surface area contributed by atoms with E-state index in [1.54, 1.807) is 6.20 Å². The van der Waals surface area contributed by atoms with Crippen LogP contribution in [-0.4, -0.2) is 56.1 Å². The molecule has 2 fully saturated rings. The third kappa shape index (κ3) is 5.74. The Morgan fingerprint density at radius 3 is 2.76 bits per heavy atom. The molecule has 1 aliphatic heterocycles. The normalized spacial score (nSPS) is 23.5. The number of hydrogen-bond donors (Lipinski definition) is 3. The molecule has 4 heterocycles. The number of aliphatic hydroxyl groups is 1. The Balaban J connectivity index is 1.38. The van der Waals surface area contributed by atoms with Gasteiger partial charge in [0.1, 0.15) is 22.0 Å². The molecular formula is C23H28F2N6OS. The van der Waals surface area contributed by atoms with Gasteiger partial charge in [-0.1, -0.05) is 11.3 Å². The van der Waals surface area contributed by atoms with Crippen LogP contribution in [0.5, 0.6) is 0 Å². The van der Waals surface area contributed by atoms with E-state index in [-0.39, 0.29) is 25.1 Å². The van der Waals surface area contributed by atoms with E-state index in [0.29, 0.717) is 36.3 Å². The number of likely N-dealkylation sites (tertiary alicyclic amines) is 1. The van der Waals surface area contributed by atoms with Gasteiger partial charge in [-0.3, -0.25) is 4.90 Å². The average Bonchev–Trinajstić information content (AvgIpc) is 3.17. The van der Waals surface area contributed by atoms with Crippen molar-refractivity contribution in [3.8, 4) is 0 Å². The van der Waals surface area contributed by atoms with Crippen molar-refractivity contribution >= 4 is 38.5 Å². The Morgan fingerprint density at radius 1 is 1.15 bits per heavy atom. The molecule has 1 saturated heterocycles. The molecule has 10 heteroatoms. The molecule has 5 rings (SSSR count). The smallest absolute Gasteiger partial charge is 0.260 e. The number of hydrogen-bond acceptors (Lipinski definition) is 8. The minimum absolute atomic E-state index is 0.0430. The van der Waals surface area contributed by atoms with Crippen LogP contribution >= 0.6 is 11.3 Å². The van der Waals surface area contributed by atoms with Gasteiger partial charge in [-0.2, -0.15) is 0 Å². The van der Waals surface area contributed by atoms with E-state index in [4.69, 9.17) is 4.98 Å². The van der Waals surface area contributed by atoms with Gasteiger partial charge in [-0.15, -0.1) is 0 Å². The molecule has 2 aliphatic rings. The molecule has 0 aromatic carbocycles. The molecule has 0 atom stereocenters. The lowest BCUT2D eigenvalue weighted by Gasteiger charge is -2.32. The number of pyridine rings is 2. The summed E-state index contributed by atoms with van der Waals surface area (Å²) in [6.45, 7) is 0.880. The molecule has 7 nitrogen and oxygen atoms in total. The molecule has 0 spiro atoms. The number of fused-ring (bicyclic) bond motifs is 1. The van der Waals surface area contributed by atoms with Crippen molar-refractivity contribution in [1.82, 2.24) is 19.9 Å². The fourth-order valence-corrected chi connectivity index (χ4v) is 5.43. The van der Waals surface area contributed by atoms with Crippen molar-refractivity contribution in [2.75, 3.05) is 23.7 Å². The molecule has 3 aromatic heterocycles. The summed E-state index contributed by atoms with van der Waals surface area (Å²) in [4.78, 5) is 16.3. The van der Waals surface area contributed by atoms with E-state index >= 15 is 0 Å². The van der Waals surface area contributed by atoms with Gasteiger partial charge in [0.25, 0.3) is 5.92 Å². The molecule has 33 heavy (non-hydrogen) atoms. The maximum Gasteiger partial charge on any atom is 0.260 e. The van der Waals surface area contributed by atoms with Crippen molar-refractivity contribution in [3.05, 3.63) is 36.0 Å². The standard InChI is InChI=1S/C23H28F2N6OS/c24-23(25)8-2-10-31(14-23)13-15-11-19(27-16-4-6-17(32)7-5-16)29-20(12-15)30-22-28-18-3-1-9-26-21(18)33-22/h1,3,9,11-12,16-17,32H,2,4-8,10,13-14H2,(H2,27,28,29,30). The zero-order chi connectivity index (χ0) is 22.8. The Kier molecular flexibility index (Phi) is 6.40. The number of nitrogens with one attached hydrogen (secondary N) is 2. The van der Waals surface area contributed by atoms with Crippen LogP contribution in [0.25, 0.3) is 10.3 Å². The predicted octanol–water partition coefficient (Wildman–Crippen LogP) is 4.78. The summed E-state index contributed by atoms with van der Waals surface area (Å²) in [6.07, 6.45) is 5.24. The number of thiazole rings is 1. The average molecular weight is 475 g/mol. The summed E-state index contributed by atoms with van der Waals surface area (Å²) < 4.78 is 27.9. The SMILES string of the molecule is OC1CCC(Nc2cc(CN3CCCC(F)(F)C3)cc(Nc3nc4cccnc4s3)n2)CC1. The Labute approximate surface area is 195 Å². The van der Waals surface area contributed by atoms with Gasteiger partial charge in [-0.05, 0) is 68.5 Å². The number of alkyl halides is 2. The molecule has 3 N–H and O–H groups in total. The van der Waals surface area contributed by atoms with E-state index in [1.165, 1.54) is 11.3 Å². The number of piperidine rings is 1. The molecule has 1 aliphatic carbocycles. The molecule has 176 valence electrons. The van der Waals surface area contributed by atoms with Gasteiger partial charge in [0, 0.05) is 25.2 Å². The fourth-order valence-electron chi connectivity index (χ4n) is 4.62. The van der Waals surface area contributed by atoms with Crippen molar-refractivity contribution in [1.29, 1.82) is 0 Å². The van der Waals surface area contributed by atoms with Gasteiger partial charge < -0.3 is 15.7 Å². The minimum atomic E-state index is -2.63. The number of halogens is 2. The van der Waals surface area contributed by atoms with Crippen molar-refractivity contribution < 1.29 is 13.9 Å². The monoisotopic (exact) mass is 474 g/mol. The third-order valence-electron chi connectivity index (χ3n) is 6.21. The van der Waals surface area contributed by atoms with E-state index in [9.17, 15) is 13.9 Å². The van der Waals surface area contributed by atoms with E-state index < -0.39 is 5.92 Å². The Bertz CT molecular complexity index is 1070. The van der Waals surface area contributed by atoms with Crippen molar-refractivity contribution in [2.45, 2.75) is 63.1 Å². The highest BCUT2D eigenvalue weighted by Crippen LogP contribution is 2.30. The highest BCUT2D eigenvalue weighted by atomic mass is 32.1. The highest BCUT2D eigenvalue weighted by Gasteiger charge is 2.35. The molecule has 0 unspecified atom stereocenters. The summed E-state index contributed by atoms with van der Waals surface area (Å²) in [5.74, 6) is -1.31. The first-order chi connectivity index (χ1) is 15.9. The second-order valence-electron chi connectivity index (χ2n) is 9.04. The maximum atomic E-state index is 13.9. The molecule has 0 radical (unpaired) electrons. The second kappa shape index (κ2) is 9.44. The van der Waals surface area contributed by atoms with Gasteiger partial charge in [0.2, 0.25) is 0 Å². The van der Waals surface area contributed by atoms with Crippen molar-refractivity contribution in [3.63, 3.8) is 0 Å². The van der Waals surface area contributed by atoms with Crippen LogP contribution in [0.15, 0.2) is 30.5 Å². The van der Waals surface area contributed by atoms with Crippen LogP contribution in [0.2, 0.25) is 0 Å². The number of nitrogens with zero attached hydrogens (tertiary/aromatic N) is 4. The molecule has 0 bridgehead atoms. The number of aromatic nitrogens is 3. The van der Waals surface area contributed by atoms with Crippen LogP contribution in [0.1, 0.15) is 44.1 Å². The van der Waals surface area contributed by atoms with E-state index in [2.05, 4.69) is 20.6 Å². The number of rotatable bonds is 6. The minimum Gasteiger partial charge on any atom is -0.393 e. The first kappa shape index (κ1) is 22.4. The van der Waals surface area contributed by atoms with Crippen LogP contribution in [0, 0.1) is 0 Å². The lowest BCUT2D eigenvalue weighted by molar-refractivity contribution is -0.0661. The van der Waals surface area contributed by atoms with Crippen LogP contribution < -0.4 is 10.6 Å². The maximum absolute atomic E-state index is 13.9. The largest absolute Gasteiger partial charge is 0.393 e. The zero-order valence-electron chi connectivity index (χ0n) is 18.3. The molecule has 0 amide bonds. The summed E-state index contributed by atoms with van der Waals surface area (Å²) in [5, 5.41) is 17.3. The van der Waals surface area contributed by atoms with E-state index in [0.717, 1.165) is 41.6 Å². The number of anilines is 3. The zero-order valence-corrected chi connectivity index (χ0v) is 19.1. The fraction of sp³-hybridized carbons (Fsp3) is 0.522. The molecule has 1 saturated carbocycles. The first-order valence-corrected chi connectivity index (χ1v) is 12.3. The quantitative estimate of drug-likeness (QED) is 0.474. The number of aliphatic hydroxyl groups excluding tert-OH is 1. The molecule has 3 aromatic rings.